The fourth-order valence-corrected chi connectivity index (χ4v) is 23.1. The molecule has 0 saturated carbocycles. The second kappa shape index (κ2) is 8.57. The fraction of sp³-hybridized carbons (Fsp3) is 0.0411. The van der Waals surface area contributed by atoms with E-state index in [4.69, 9.17) is 9.98 Å². The topological polar surface area (TPSA) is 133 Å². The van der Waals surface area contributed by atoms with Gasteiger partial charge in [0, 0.05) is 184 Å². The molecular formula is C73H14N2O6. The number of fused-ring (bicyclic) bond motifs is 9. The maximum absolute atomic E-state index is 17.2. The molecule has 27 aromatic rings. The van der Waals surface area contributed by atoms with Gasteiger partial charge in [0.25, 0.3) is 0 Å². The van der Waals surface area contributed by atoms with E-state index in [1.54, 1.807) is 0 Å². The Hall–Kier alpha value is -10.4. The standard InChI is InChI=1S/C73H14N2O6/c1-11-7-9-13(10-8-11)75-67-65-64(66(71(67)79)74-12-5-3-2-4-6-12)72(80)60-50-40-30-21-16-14-15-17-18(16)29-32(30)42-43-33(29)31-22(17)28-26-20(15)24-23-19(14)25-27(21)38(40)48-46-36(25)34(23)44-45-35(24)37(26)47-49-39(28)41(31)51-53(43)63(62(72)52(42)50)73(65,81)61(51)59(49)70(78)57(47)55(45)68(76)54(44)56(46)69(77)58(48)60/h2-10,80-81H,1H3/t72-,73+/m1/s1. The van der Waals surface area contributed by atoms with Crippen LogP contribution in [-0.4, -0.2) is 10.2 Å². The molecule has 8 nitrogen and oxygen atoms in total. The van der Waals surface area contributed by atoms with Crippen LogP contribution in [0.25, 0.3) is 248 Å². The molecule has 0 aliphatic heterocycles. The van der Waals surface area contributed by atoms with Crippen LogP contribution in [0, 0.1) is 6.92 Å². The zero-order valence-electron chi connectivity index (χ0n) is 41.1. The second-order valence-electron chi connectivity index (χ2n) is 26.3. The molecule has 0 unspecified atom stereocenters. The monoisotopic (exact) mass is 1010 g/mol. The first-order valence-electron chi connectivity index (χ1n) is 28.1. The Balaban J connectivity index is 1.10. The lowest BCUT2D eigenvalue weighted by Gasteiger charge is -2.41. The van der Waals surface area contributed by atoms with Crippen LogP contribution in [0.5, 0.6) is 0 Å². The van der Waals surface area contributed by atoms with Crippen molar-refractivity contribution in [2.45, 2.75) is 18.1 Å². The minimum Gasteiger partial charge on any atom is -0.376 e. The van der Waals surface area contributed by atoms with Crippen LogP contribution in [0.3, 0.4) is 0 Å². The Morgan fingerprint density at radius 2 is 0.481 bits per heavy atom. The molecule has 3 aliphatic rings. The molecule has 2 atom stereocenters. The number of benzene rings is 17. The molecule has 8 heteroatoms. The van der Waals surface area contributed by atoms with E-state index < -0.39 is 16.6 Å². The molecule has 3 aliphatic carbocycles. The Bertz CT molecular complexity index is 8200. The zero-order chi connectivity index (χ0) is 51.0. The molecule has 27 aromatic carbocycles. The van der Waals surface area contributed by atoms with Crippen molar-refractivity contribution in [3.8, 4) is 0 Å². The number of nitrogens with zero attached hydrogens (tertiary/aromatic N) is 2. The second-order valence-corrected chi connectivity index (χ2v) is 26.3. The van der Waals surface area contributed by atoms with E-state index in [9.17, 15) is 0 Å². The zero-order valence-corrected chi connectivity index (χ0v) is 41.1. The number of hydrogen-bond acceptors (Lipinski definition) is 8. The van der Waals surface area contributed by atoms with Gasteiger partial charge in [-0.3, -0.25) is 19.2 Å². The van der Waals surface area contributed by atoms with Crippen molar-refractivity contribution in [3.05, 3.63) is 145 Å². The highest BCUT2D eigenvalue weighted by Crippen LogP contribution is 2.78. The van der Waals surface area contributed by atoms with Gasteiger partial charge in [-0.25, -0.2) is 9.98 Å². The van der Waals surface area contributed by atoms with Crippen LogP contribution >= 0.6 is 0 Å². The summed E-state index contributed by atoms with van der Waals surface area (Å²) in [6.45, 7) is 1.99. The molecule has 0 heterocycles. The lowest BCUT2D eigenvalue weighted by molar-refractivity contribution is 0.0825. The van der Waals surface area contributed by atoms with Crippen molar-refractivity contribution in [3.63, 3.8) is 0 Å². The van der Waals surface area contributed by atoms with Gasteiger partial charge in [0.1, 0.15) is 21.9 Å². The Kier molecular flexibility index (Phi) is 3.65. The maximum atomic E-state index is 17.2. The normalized spacial score (nSPS) is 20.2. The van der Waals surface area contributed by atoms with Crippen LogP contribution < -0.4 is 32.4 Å². The van der Waals surface area contributed by atoms with Crippen LogP contribution in [0.1, 0.15) is 38.9 Å². The first kappa shape index (κ1) is 34.5. The van der Waals surface area contributed by atoms with Gasteiger partial charge >= 0.3 is 0 Å². The Morgan fingerprint density at radius 3 is 0.790 bits per heavy atom. The summed E-state index contributed by atoms with van der Waals surface area (Å²) in [7, 11) is 0. The van der Waals surface area contributed by atoms with Gasteiger partial charge in [0.2, 0.25) is 5.43 Å². The SMILES string of the molecule is Cc1ccc(N=c2c3c(c(=Nc4ccccc4)c2=O)[C@]2(O)c4c5c6c7c(c8c(=O)c9c%10c(=O)c%11c%12c(=O)c%13c2c2c4c4c6c6c%14c7c7c8c9c8c9c%10c%11c%10c%11c%12c%13c%12c2c2c4c6c4c6c%14c7c8c7c9c%10c8c%11c%12c2c4c8c76)[C@@]35O)cc1. The van der Waals surface area contributed by atoms with Crippen LogP contribution in [0.4, 0.5) is 11.4 Å². The molecule has 30 rings (SSSR count). The van der Waals surface area contributed by atoms with Gasteiger partial charge < -0.3 is 10.2 Å². The Morgan fingerprint density at radius 1 is 0.247 bits per heavy atom. The fourth-order valence-electron chi connectivity index (χ4n) is 23.1. The molecule has 352 valence electrons. The van der Waals surface area contributed by atoms with Gasteiger partial charge in [-0.1, -0.05) is 35.9 Å². The molecule has 0 bridgehead atoms. The van der Waals surface area contributed by atoms with Gasteiger partial charge in [-0.15, -0.1) is 0 Å². The molecule has 81 heavy (non-hydrogen) atoms. The van der Waals surface area contributed by atoms with Crippen LogP contribution in [0.2, 0.25) is 0 Å². The highest BCUT2D eigenvalue weighted by atomic mass is 16.3. The molecule has 0 fully saturated rings. The van der Waals surface area contributed by atoms with Crippen molar-refractivity contribution < 1.29 is 10.2 Å². The molecule has 0 aromatic heterocycles. The van der Waals surface area contributed by atoms with E-state index in [1.807, 2.05) is 61.5 Å². The smallest absolute Gasteiger partial charge is 0.230 e. The van der Waals surface area contributed by atoms with Crippen LogP contribution in [-0.2, 0) is 11.2 Å². The highest BCUT2D eigenvalue weighted by molar-refractivity contribution is 6.78. The number of aliphatic hydroxyl groups is 2. The third-order valence-electron chi connectivity index (χ3n) is 24.5. The van der Waals surface area contributed by atoms with Crippen molar-refractivity contribution in [2.24, 2.45) is 9.98 Å². The van der Waals surface area contributed by atoms with E-state index in [-0.39, 0.29) is 38.1 Å². The quantitative estimate of drug-likeness (QED) is 0.166. The van der Waals surface area contributed by atoms with Gasteiger partial charge in [-0.2, -0.15) is 0 Å². The van der Waals surface area contributed by atoms with E-state index in [0.717, 1.165) is 156 Å². The Labute approximate surface area is 440 Å². The number of rotatable bonds is 2. The van der Waals surface area contributed by atoms with Gasteiger partial charge in [0.15, 0.2) is 16.3 Å². The minimum atomic E-state index is -2.30. The number of para-hydroxylation sites is 1. The largest absolute Gasteiger partial charge is 0.376 e. The lowest BCUT2D eigenvalue weighted by atomic mass is 9.66. The van der Waals surface area contributed by atoms with E-state index >= 15 is 29.4 Å². The third-order valence-corrected chi connectivity index (χ3v) is 24.5. The summed E-state index contributed by atoms with van der Waals surface area (Å²) in [6.07, 6.45) is 0. The summed E-state index contributed by atoms with van der Waals surface area (Å²) in [5.74, 6) is 0. The molecule has 0 saturated heterocycles. The summed E-state index contributed by atoms with van der Waals surface area (Å²) < 4.78 is 0. The van der Waals surface area contributed by atoms with Crippen molar-refractivity contribution >= 4 is 259 Å². The van der Waals surface area contributed by atoms with Crippen molar-refractivity contribution in [2.75, 3.05) is 0 Å². The summed E-state index contributed by atoms with van der Waals surface area (Å²) in [6, 6.07) is 16.9. The first-order valence-corrected chi connectivity index (χ1v) is 28.1. The maximum Gasteiger partial charge on any atom is 0.230 e. The van der Waals surface area contributed by atoms with Crippen molar-refractivity contribution in [1.29, 1.82) is 0 Å². The molecular weight excluding hydrogens is 1000 g/mol. The number of aryl methyl sites for hydroxylation is 1. The summed E-state index contributed by atoms with van der Waals surface area (Å²) in [5.41, 5.74) is -2.35. The minimum absolute atomic E-state index is 0.0724. The lowest BCUT2D eigenvalue weighted by Crippen LogP contribution is -2.46. The predicted molar refractivity (Wildman–Crippen MR) is 324 cm³/mol. The first-order chi connectivity index (χ1) is 39.7. The highest BCUT2D eigenvalue weighted by Gasteiger charge is 2.64. The predicted octanol–water partition coefficient (Wildman–Crippen LogP) is 13.3. The van der Waals surface area contributed by atoms with E-state index in [0.29, 0.717) is 65.9 Å². The van der Waals surface area contributed by atoms with E-state index in [1.165, 1.54) is 64.6 Å². The van der Waals surface area contributed by atoms with Crippen molar-refractivity contribution in [1.82, 2.24) is 0 Å². The van der Waals surface area contributed by atoms with E-state index in [2.05, 4.69) is 0 Å². The molecule has 0 amide bonds. The molecule has 0 spiro atoms. The molecule has 0 radical (unpaired) electrons. The molecule has 2 N–H and O–H groups in total. The van der Waals surface area contributed by atoms with Gasteiger partial charge in [-0.05, 0) is 128 Å². The average Bonchev–Trinajstić information content (AvgIpc) is 1.45. The van der Waals surface area contributed by atoms with Gasteiger partial charge in [0.05, 0.1) is 11.4 Å². The third kappa shape index (κ3) is 2.26. The summed E-state index contributed by atoms with van der Waals surface area (Å²) in [4.78, 5) is 78.4. The van der Waals surface area contributed by atoms with Crippen LogP contribution in [0.15, 0.2) is 83.8 Å². The summed E-state index contributed by atoms with van der Waals surface area (Å²) >= 11 is 0. The number of hydrogen-bond donors (Lipinski definition) is 2. The summed E-state index contributed by atoms with van der Waals surface area (Å²) in [5, 5.41) is 75.3. The average molecular weight is 1010 g/mol.